The molecule has 0 bridgehead atoms. The second kappa shape index (κ2) is 6.87. The van der Waals surface area contributed by atoms with Gasteiger partial charge in [-0.15, -0.1) is 0 Å². The quantitative estimate of drug-likeness (QED) is 0.632. The number of aryl methyl sites for hydroxylation is 2. The number of rotatable bonds is 5. The molecule has 0 atom stereocenters. The van der Waals surface area contributed by atoms with Gasteiger partial charge in [-0.25, -0.2) is 10.8 Å². The van der Waals surface area contributed by atoms with Crippen molar-refractivity contribution in [1.82, 2.24) is 9.97 Å². The first-order valence-electron chi connectivity index (χ1n) is 6.83. The molecule has 0 unspecified atom stereocenters. The number of hydrogen-bond acceptors (Lipinski definition) is 5. The van der Waals surface area contributed by atoms with Crippen molar-refractivity contribution < 1.29 is 4.74 Å². The molecule has 0 aliphatic carbocycles. The molecule has 2 aromatic rings. The van der Waals surface area contributed by atoms with E-state index in [4.69, 9.17) is 10.6 Å². The van der Waals surface area contributed by atoms with E-state index in [2.05, 4.69) is 38.2 Å². The molecule has 1 aromatic heterocycles. The molecule has 0 fully saturated rings. The highest BCUT2D eigenvalue weighted by molar-refractivity contribution is 9.10. The lowest BCUT2D eigenvalue weighted by Crippen LogP contribution is -2.13. The number of nitrogens with zero attached hydrogens (tertiary/aromatic N) is 2. The maximum absolute atomic E-state index is 5.91. The Bertz CT molecular complexity index is 646. The zero-order valence-electron chi connectivity index (χ0n) is 12.4. The van der Waals surface area contributed by atoms with Crippen LogP contribution in [-0.4, -0.2) is 9.97 Å². The van der Waals surface area contributed by atoms with E-state index in [-0.39, 0.29) is 0 Å². The summed E-state index contributed by atoms with van der Waals surface area (Å²) in [4.78, 5) is 8.86. The Morgan fingerprint density at radius 2 is 2.05 bits per heavy atom. The van der Waals surface area contributed by atoms with E-state index in [1.54, 1.807) is 0 Å². The van der Waals surface area contributed by atoms with Crippen LogP contribution in [0.5, 0.6) is 11.6 Å². The van der Waals surface area contributed by atoms with Gasteiger partial charge in [-0.1, -0.05) is 22.9 Å². The predicted molar refractivity (Wildman–Crippen MR) is 87.5 cm³/mol. The number of anilines is 1. The number of hydrazine groups is 1. The van der Waals surface area contributed by atoms with E-state index >= 15 is 0 Å². The fourth-order valence-corrected chi connectivity index (χ4v) is 2.15. The van der Waals surface area contributed by atoms with Crippen molar-refractivity contribution in [3.8, 4) is 11.6 Å². The standard InChI is InChI=1S/C15H19BrN4O/c1-4-5-13-18-14(20-17)10(3)15(19-13)21-11-6-7-12(16)9(2)8-11/h6-8H,4-5,17H2,1-3H3,(H,18,19,20). The van der Waals surface area contributed by atoms with Crippen molar-refractivity contribution in [2.75, 3.05) is 5.43 Å². The highest BCUT2D eigenvalue weighted by Gasteiger charge is 2.12. The van der Waals surface area contributed by atoms with Gasteiger partial charge in [0.15, 0.2) is 0 Å². The minimum Gasteiger partial charge on any atom is -0.439 e. The van der Waals surface area contributed by atoms with E-state index in [0.717, 1.165) is 40.0 Å². The van der Waals surface area contributed by atoms with Crippen LogP contribution >= 0.6 is 15.9 Å². The van der Waals surface area contributed by atoms with Gasteiger partial charge in [-0.2, -0.15) is 4.98 Å². The van der Waals surface area contributed by atoms with Crippen LogP contribution in [0.25, 0.3) is 0 Å². The molecule has 0 aliphatic heterocycles. The molecule has 112 valence electrons. The van der Waals surface area contributed by atoms with Crippen molar-refractivity contribution in [2.45, 2.75) is 33.6 Å². The first kappa shape index (κ1) is 15.7. The van der Waals surface area contributed by atoms with Crippen molar-refractivity contribution in [3.63, 3.8) is 0 Å². The second-order valence-corrected chi connectivity index (χ2v) is 5.68. The van der Waals surface area contributed by atoms with Gasteiger partial charge in [0.2, 0.25) is 5.88 Å². The molecule has 6 heteroatoms. The summed E-state index contributed by atoms with van der Waals surface area (Å²) in [6, 6.07) is 5.81. The highest BCUT2D eigenvalue weighted by atomic mass is 79.9. The summed E-state index contributed by atoms with van der Waals surface area (Å²) in [5.74, 6) is 8.11. The molecular weight excluding hydrogens is 332 g/mol. The third kappa shape index (κ3) is 3.71. The van der Waals surface area contributed by atoms with Gasteiger partial charge in [0.25, 0.3) is 0 Å². The molecule has 0 saturated carbocycles. The number of nitrogens with one attached hydrogen (secondary N) is 1. The molecule has 0 amide bonds. The monoisotopic (exact) mass is 350 g/mol. The normalized spacial score (nSPS) is 10.5. The summed E-state index contributed by atoms with van der Waals surface area (Å²) < 4.78 is 6.95. The minimum absolute atomic E-state index is 0.531. The highest BCUT2D eigenvalue weighted by Crippen LogP contribution is 2.29. The zero-order valence-corrected chi connectivity index (χ0v) is 14.0. The summed E-state index contributed by atoms with van der Waals surface area (Å²) in [6.45, 7) is 5.97. The summed E-state index contributed by atoms with van der Waals surface area (Å²) in [7, 11) is 0. The van der Waals surface area contributed by atoms with Gasteiger partial charge in [0.1, 0.15) is 17.4 Å². The Morgan fingerprint density at radius 3 is 2.67 bits per heavy atom. The summed E-state index contributed by atoms with van der Waals surface area (Å²) >= 11 is 3.48. The summed E-state index contributed by atoms with van der Waals surface area (Å²) in [6.07, 6.45) is 1.74. The zero-order chi connectivity index (χ0) is 15.4. The molecule has 1 heterocycles. The van der Waals surface area contributed by atoms with Crippen molar-refractivity contribution in [3.05, 3.63) is 39.6 Å². The predicted octanol–water partition coefficient (Wildman–Crippen LogP) is 3.89. The average Bonchev–Trinajstić information content (AvgIpc) is 2.46. The van der Waals surface area contributed by atoms with Crippen LogP contribution in [0, 0.1) is 13.8 Å². The van der Waals surface area contributed by atoms with Crippen LogP contribution in [-0.2, 0) is 6.42 Å². The third-order valence-electron chi connectivity index (χ3n) is 3.10. The largest absolute Gasteiger partial charge is 0.439 e. The molecule has 5 nitrogen and oxygen atoms in total. The Morgan fingerprint density at radius 1 is 1.29 bits per heavy atom. The molecular formula is C15H19BrN4O. The van der Waals surface area contributed by atoms with Crippen LogP contribution in [0.2, 0.25) is 0 Å². The molecule has 3 N–H and O–H groups in total. The molecule has 0 aliphatic rings. The van der Waals surface area contributed by atoms with Crippen LogP contribution < -0.4 is 16.0 Å². The maximum Gasteiger partial charge on any atom is 0.227 e. The molecule has 2 rings (SSSR count). The Hall–Kier alpha value is -1.66. The molecule has 0 radical (unpaired) electrons. The molecule has 0 spiro atoms. The second-order valence-electron chi connectivity index (χ2n) is 4.83. The smallest absolute Gasteiger partial charge is 0.227 e. The van der Waals surface area contributed by atoms with Crippen LogP contribution in [0.1, 0.15) is 30.3 Å². The van der Waals surface area contributed by atoms with Crippen molar-refractivity contribution >= 4 is 21.7 Å². The molecule has 0 saturated heterocycles. The average molecular weight is 351 g/mol. The fraction of sp³-hybridized carbons (Fsp3) is 0.333. The Balaban J connectivity index is 2.37. The SMILES string of the molecule is CCCc1nc(NN)c(C)c(Oc2ccc(Br)c(C)c2)n1. The lowest BCUT2D eigenvalue weighted by molar-refractivity contribution is 0.454. The van der Waals surface area contributed by atoms with Gasteiger partial charge >= 0.3 is 0 Å². The van der Waals surface area contributed by atoms with E-state index in [9.17, 15) is 0 Å². The Kier molecular flexibility index (Phi) is 5.14. The number of halogens is 1. The van der Waals surface area contributed by atoms with Gasteiger partial charge in [0, 0.05) is 10.9 Å². The number of nitrogen functional groups attached to an aromatic ring is 1. The van der Waals surface area contributed by atoms with Gasteiger partial charge < -0.3 is 10.2 Å². The third-order valence-corrected chi connectivity index (χ3v) is 3.99. The number of ether oxygens (including phenoxy) is 1. The van der Waals surface area contributed by atoms with Gasteiger partial charge in [0.05, 0.1) is 5.56 Å². The van der Waals surface area contributed by atoms with E-state index in [1.165, 1.54) is 0 Å². The summed E-state index contributed by atoms with van der Waals surface area (Å²) in [5.41, 5.74) is 4.49. The number of hydrogen-bond donors (Lipinski definition) is 2. The summed E-state index contributed by atoms with van der Waals surface area (Å²) in [5, 5.41) is 0. The lowest BCUT2D eigenvalue weighted by Gasteiger charge is -2.13. The van der Waals surface area contributed by atoms with Gasteiger partial charge in [-0.3, -0.25) is 0 Å². The van der Waals surface area contributed by atoms with Crippen molar-refractivity contribution in [1.29, 1.82) is 0 Å². The first-order chi connectivity index (χ1) is 10.0. The number of benzene rings is 1. The molecule has 1 aromatic carbocycles. The topological polar surface area (TPSA) is 73.1 Å². The van der Waals surface area contributed by atoms with Crippen LogP contribution in [0.15, 0.2) is 22.7 Å². The van der Waals surface area contributed by atoms with E-state index in [1.807, 2.05) is 32.0 Å². The van der Waals surface area contributed by atoms with Crippen LogP contribution in [0.3, 0.4) is 0 Å². The lowest BCUT2D eigenvalue weighted by atomic mass is 10.2. The minimum atomic E-state index is 0.531. The fourth-order valence-electron chi connectivity index (χ4n) is 1.91. The first-order valence-corrected chi connectivity index (χ1v) is 7.62. The van der Waals surface area contributed by atoms with Crippen molar-refractivity contribution in [2.24, 2.45) is 5.84 Å². The number of aromatic nitrogens is 2. The Labute approximate surface area is 133 Å². The van der Waals surface area contributed by atoms with E-state index in [0.29, 0.717) is 11.7 Å². The number of nitrogens with two attached hydrogens (primary N) is 1. The molecule has 21 heavy (non-hydrogen) atoms. The van der Waals surface area contributed by atoms with E-state index < -0.39 is 0 Å². The maximum atomic E-state index is 5.91. The van der Waals surface area contributed by atoms with Crippen LogP contribution in [0.4, 0.5) is 5.82 Å². The van der Waals surface area contributed by atoms with Gasteiger partial charge in [-0.05, 0) is 44.0 Å².